The van der Waals surface area contributed by atoms with Crippen LogP contribution in [0.1, 0.15) is 37.7 Å². The quantitative estimate of drug-likeness (QED) is 0.818. The maximum atomic E-state index is 12.3. The molecule has 0 saturated heterocycles. The second-order valence-corrected chi connectivity index (χ2v) is 6.41. The average Bonchev–Trinajstić information content (AvgIpc) is 2.83. The highest BCUT2D eigenvalue weighted by atomic mass is 32.2. The van der Waals surface area contributed by atoms with Crippen molar-refractivity contribution in [1.29, 1.82) is 0 Å². The Hall–Kier alpha value is -1.95. The normalized spacial score (nSPS) is 10.7. The molecule has 0 aliphatic carbocycles. The number of sulfone groups is 1. The van der Waals surface area contributed by atoms with Crippen LogP contribution in [-0.4, -0.2) is 23.8 Å². The summed E-state index contributed by atoms with van der Waals surface area (Å²) in [5, 5.41) is -0.126. The zero-order valence-electron chi connectivity index (χ0n) is 12.7. The molecular formula is C15H20N2O3S. The molecule has 0 N–H and O–H groups in total. The summed E-state index contributed by atoms with van der Waals surface area (Å²) >= 11 is 0. The van der Waals surface area contributed by atoms with Crippen molar-refractivity contribution >= 4 is 15.6 Å². The van der Waals surface area contributed by atoms with Gasteiger partial charge in [0.25, 0.3) is 0 Å². The van der Waals surface area contributed by atoms with Crippen molar-refractivity contribution in [3.63, 3.8) is 0 Å². The molecule has 2 aromatic rings. The van der Waals surface area contributed by atoms with Crippen LogP contribution in [-0.2, 0) is 16.9 Å². The molecule has 0 atom stereocenters. The fraction of sp³-hybridized carbons (Fsp3) is 0.333. The van der Waals surface area contributed by atoms with Gasteiger partial charge in [-0.3, -0.25) is 4.79 Å². The van der Waals surface area contributed by atoms with E-state index in [1.165, 1.54) is 43.3 Å². The lowest BCUT2D eigenvalue weighted by Crippen LogP contribution is -2.11. The summed E-state index contributed by atoms with van der Waals surface area (Å²) in [6.45, 7) is 5.62. The van der Waals surface area contributed by atoms with E-state index in [0.29, 0.717) is 0 Å². The molecule has 2 rings (SSSR count). The molecule has 1 aromatic carbocycles. The van der Waals surface area contributed by atoms with Gasteiger partial charge in [-0.15, -0.1) is 0 Å². The largest absolute Gasteiger partial charge is 0.315 e. The standard InChI is InChI=1S/C12H12N2O3S.C3H8/c1-9(15)11-8-13-12(14(11)2)18(16,17)10-6-4-3-5-7-10;1-3-2/h3-8H,1-2H3;3H2,1-2H3. The van der Waals surface area contributed by atoms with E-state index in [4.69, 9.17) is 0 Å². The molecule has 0 aliphatic heterocycles. The van der Waals surface area contributed by atoms with Gasteiger partial charge in [0.1, 0.15) is 5.69 Å². The first-order valence-corrected chi connectivity index (χ1v) is 8.17. The molecule has 0 saturated carbocycles. The number of rotatable bonds is 3. The summed E-state index contributed by atoms with van der Waals surface area (Å²) in [4.78, 5) is 15.3. The lowest BCUT2D eigenvalue weighted by atomic mass is 10.3. The monoisotopic (exact) mass is 308 g/mol. The van der Waals surface area contributed by atoms with Gasteiger partial charge in [0.2, 0.25) is 15.0 Å². The summed E-state index contributed by atoms with van der Waals surface area (Å²) in [7, 11) is -2.17. The smallest absolute Gasteiger partial charge is 0.240 e. The van der Waals surface area contributed by atoms with Crippen molar-refractivity contribution < 1.29 is 13.2 Å². The van der Waals surface area contributed by atoms with E-state index in [1.54, 1.807) is 18.2 Å². The molecule has 1 heterocycles. The molecular weight excluding hydrogens is 288 g/mol. The van der Waals surface area contributed by atoms with Crippen LogP contribution in [0, 0.1) is 0 Å². The molecule has 0 amide bonds. The molecule has 0 unspecified atom stereocenters. The third kappa shape index (κ3) is 3.78. The van der Waals surface area contributed by atoms with E-state index >= 15 is 0 Å². The first-order chi connectivity index (χ1) is 9.86. The second-order valence-electron chi connectivity index (χ2n) is 4.56. The molecule has 0 aliphatic rings. The van der Waals surface area contributed by atoms with Gasteiger partial charge < -0.3 is 4.57 Å². The molecule has 1 aromatic heterocycles. The van der Waals surface area contributed by atoms with Gasteiger partial charge >= 0.3 is 0 Å². The van der Waals surface area contributed by atoms with E-state index in [1.807, 2.05) is 0 Å². The molecule has 0 fully saturated rings. The minimum Gasteiger partial charge on any atom is -0.315 e. The molecule has 0 spiro atoms. The van der Waals surface area contributed by atoms with Gasteiger partial charge in [0.05, 0.1) is 11.1 Å². The van der Waals surface area contributed by atoms with Crippen molar-refractivity contribution in [2.75, 3.05) is 0 Å². The maximum Gasteiger partial charge on any atom is 0.240 e. The molecule has 21 heavy (non-hydrogen) atoms. The van der Waals surface area contributed by atoms with E-state index in [9.17, 15) is 13.2 Å². The third-order valence-electron chi connectivity index (χ3n) is 2.60. The number of aromatic nitrogens is 2. The van der Waals surface area contributed by atoms with E-state index in [2.05, 4.69) is 18.8 Å². The number of Topliss-reactive ketones (excluding diaryl/α,β-unsaturated/α-hetero) is 1. The lowest BCUT2D eigenvalue weighted by Gasteiger charge is -2.05. The van der Waals surface area contributed by atoms with E-state index < -0.39 is 9.84 Å². The summed E-state index contributed by atoms with van der Waals surface area (Å²) in [6.07, 6.45) is 2.53. The fourth-order valence-corrected chi connectivity index (χ4v) is 3.05. The summed E-state index contributed by atoms with van der Waals surface area (Å²) in [5.41, 5.74) is 0.268. The van der Waals surface area contributed by atoms with Gasteiger partial charge in [-0.25, -0.2) is 13.4 Å². The van der Waals surface area contributed by atoms with Crippen molar-refractivity contribution in [3.8, 4) is 0 Å². The number of hydrogen-bond donors (Lipinski definition) is 0. The first-order valence-electron chi connectivity index (χ1n) is 6.69. The highest BCUT2D eigenvalue weighted by Crippen LogP contribution is 2.19. The van der Waals surface area contributed by atoms with Gasteiger partial charge in [0.15, 0.2) is 5.78 Å². The maximum absolute atomic E-state index is 12.3. The van der Waals surface area contributed by atoms with E-state index in [0.717, 1.165) is 0 Å². The number of nitrogens with zero attached hydrogens (tertiary/aromatic N) is 2. The SMILES string of the molecule is CC(=O)c1cnc(S(=O)(=O)c2ccccc2)n1C.CCC. The van der Waals surface area contributed by atoms with Gasteiger partial charge in [-0.1, -0.05) is 38.5 Å². The molecule has 114 valence electrons. The van der Waals surface area contributed by atoms with Crippen molar-refractivity contribution in [2.45, 2.75) is 37.2 Å². The Morgan fingerprint density at radius 1 is 1.19 bits per heavy atom. The summed E-state index contributed by atoms with van der Waals surface area (Å²) in [6, 6.07) is 8.01. The minimum atomic E-state index is -3.68. The second kappa shape index (κ2) is 7.17. The van der Waals surface area contributed by atoms with Gasteiger partial charge in [0, 0.05) is 14.0 Å². The van der Waals surface area contributed by atoms with Gasteiger partial charge in [-0.2, -0.15) is 0 Å². The highest BCUT2D eigenvalue weighted by molar-refractivity contribution is 7.91. The van der Waals surface area contributed by atoms with Crippen molar-refractivity contribution in [3.05, 3.63) is 42.2 Å². The van der Waals surface area contributed by atoms with Crippen molar-refractivity contribution in [2.24, 2.45) is 7.05 Å². The Kier molecular flexibility index (Phi) is 5.84. The Balaban J connectivity index is 0.000000677. The molecule has 6 heteroatoms. The van der Waals surface area contributed by atoms with Crippen LogP contribution in [0.15, 0.2) is 46.6 Å². The van der Waals surface area contributed by atoms with Crippen LogP contribution < -0.4 is 0 Å². The Morgan fingerprint density at radius 3 is 2.14 bits per heavy atom. The number of hydrogen-bond acceptors (Lipinski definition) is 4. The number of carbonyl (C=O) groups is 1. The van der Waals surface area contributed by atoms with Gasteiger partial charge in [-0.05, 0) is 12.1 Å². The Bertz CT molecular complexity index is 704. The lowest BCUT2D eigenvalue weighted by molar-refractivity contribution is 0.100. The average molecular weight is 308 g/mol. The fourth-order valence-electron chi connectivity index (χ4n) is 1.67. The van der Waals surface area contributed by atoms with Crippen LogP contribution >= 0.6 is 0 Å². The predicted octanol–water partition coefficient (Wildman–Crippen LogP) is 2.87. The first kappa shape index (κ1) is 17.1. The minimum absolute atomic E-state index is 0.126. The molecule has 0 radical (unpaired) electrons. The zero-order valence-corrected chi connectivity index (χ0v) is 13.5. The van der Waals surface area contributed by atoms with Crippen LogP contribution in [0.25, 0.3) is 0 Å². The Morgan fingerprint density at radius 2 is 1.71 bits per heavy atom. The Labute approximate surface area is 125 Å². The number of imidazole rings is 1. The number of benzene rings is 1. The van der Waals surface area contributed by atoms with Crippen LogP contribution in [0.2, 0.25) is 0 Å². The highest BCUT2D eigenvalue weighted by Gasteiger charge is 2.24. The van der Waals surface area contributed by atoms with E-state index in [-0.39, 0.29) is 21.5 Å². The van der Waals surface area contributed by atoms with Crippen LogP contribution in [0.5, 0.6) is 0 Å². The van der Waals surface area contributed by atoms with Crippen LogP contribution in [0.3, 0.4) is 0 Å². The predicted molar refractivity (Wildman–Crippen MR) is 81.1 cm³/mol. The number of ketones is 1. The third-order valence-corrected chi connectivity index (χ3v) is 4.35. The topological polar surface area (TPSA) is 69.0 Å². The zero-order chi connectivity index (χ0) is 16.0. The molecule has 5 nitrogen and oxygen atoms in total. The number of carbonyl (C=O) groups excluding carboxylic acids is 1. The molecule has 0 bridgehead atoms. The van der Waals surface area contributed by atoms with Crippen LogP contribution in [0.4, 0.5) is 0 Å². The summed E-state index contributed by atoms with van der Waals surface area (Å²) in [5.74, 6) is -0.223. The van der Waals surface area contributed by atoms with Crippen molar-refractivity contribution in [1.82, 2.24) is 9.55 Å². The summed E-state index contributed by atoms with van der Waals surface area (Å²) < 4.78 is 25.9.